The molecule has 0 saturated carbocycles. The number of methoxy groups -OCH3 is 1. The molecule has 1 N–H and O–H groups in total. The summed E-state index contributed by atoms with van der Waals surface area (Å²) in [6.07, 6.45) is 0. The Bertz CT molecular complexity index is 895. The summed E-state index contributed by atoms with van der Waals surface area (Å²) in [5, 5.41) is 0.202. The van der Waals surface area contributed by atoms with E-state index in [1.165, 1.54) is 25.3 Å². The Balaban J connectivity index is 2.07. The van der Waals surface area contributed by atoms with E-state index in [4.69, 9.17) is 21.1 Å². The molecular weight excluding hydrogens is 342 g/mol. The molecule has 0 amide bonds. The molecule has 0 atom stereocenters. The van der Waals surface area contributed by atoms with Crippen molar-refractivity contribution in [3.8, 4) is 5.75 Å². The highest BCUT2D eigenvalue weighted by Gasteiger charge is 2.29. The molecule has 0 unspecified atom stereocenters. The van der Waals surface area contributed by atoms with Crippen LogP contribution >= 0.6 is 11.6 Å². The summed E-state index contributed by atoms with van der Waals surface area (Å²) in [6.45, 7) is -0.0785. The van der Waals surface area contributed by atoms with Crippen molar-refractivity contribution in [3.63, 3.8) is 0 Å². The third-order valence-corrected chi connectivity index (χ3v) is 5.17. The number of esters is 1. The highest BCUT2D eigenvalue weighted by atomic mass is 35.5. The van der Waals surface area contributed by atoms with Gasteiger partial charge in [-0.15, -0.1) is 0 Å². The van der Waals surface area contributed by atoms with E-state index in [9.17, 15) is 13.2 Å². The van der Waals surface area contributed by atoms with Crippen molar-refractivity contribution in [2.24, 2.45) is 0 Å². The van der Waals surface area contributed by atoms with E-state index in [0.29, 0.717) is 11.3 Å². The Kier molecular flexibility index (Phi) is 3.91. The molecule has 23 heavy (non-hydrogen) atoms. The Hall–Kier alpha value is -2.25. The average molecular weight is 354 g/mol. The lowest BCUT2D eigenvalue weighted by molar-refractivity contribution is 0.0534. The first-order valence-corrected chi connectivity index (χ1v) is 8.44. The van der Waals surface area contributed by atoms with E-state index in [1.807, 2.05) is 0 Å². The maximum absolute atomic E-state index is 12.7. The number of carbonyl (C=O) groups is 1. The van der Waals surface area contributed by atoms with Crippen LogP contribution in [0.25, 0.3) is 0 Å². The van der Waals surface area contributed by atoms with Crippen molar-refractivity contribution < 1.29 is 22.7 Å². The molecule has 3 rings (SSSR count). The second-order valence-electron chi connectivity index (χ2n) is 4.78. The zero-order chi connectivity index (χ0) is 16.6. The molecule has 8 heteroatoms. The third-order valence-electron chi connectivity index (χ3n) is 3.42. The number of hydrogen-bond acceptors (Lipinski definition) is 5. The van der Waals surface area contributed by atoms with Crippen molar-refractivity contribution in [3.05, 3.63) is 52.5 Å². The van der Waals surface area contributed by atoms with Gasteiger partial charge in [0.15, 0.2) is 0 Å². The van der Waals surface area contributed by atoms with Crippen molar-refractivity contribution in [2.45, 2.75) is 11.5 Å². The molecule has 0 saturated heterocycles. The van der Waals surface area contributed by atoms with Crippen LogP contribution in [0.3, 0.4) is 0 Å². The van der Waals surface area contributed by atoms with Crippen LogP contribution in [0.15, 0.2) is 41.3 Å². The van der Waals surface area contributed by atoms with E-state index >= 15 is 0 Å². The molecule has 1 aliphatic rings. The molecule has 2 aromatic rings. The number of ether oxygens (including phenoxy) is 2. The predicted octanol–water partition coefficient (Wildman–Crippen LogP) is 2.82. The van der Waals surface area contributed by atoms with Crippen molar-refractivity contribution in [2.75, 3.05) is 11.8 Å². The van der Waals surface area contributed by atoms with E-state index in [1.54, 1.807) is 18.2 Å². The van der Waals surface area contributed by atoms with Gasteiger partial charge in [0.1, 0.15) is 18.0 Å². The van der Waals surface area contributed by atoms with Gasteiger partial charge in [-0.3, -0.25) is 4.72 Å². The minimum Gasteiger partial charge on any atom is -0.495 e. The fourth-order valence-corrected chi connectivity index (χ4v) is 3.95. The Labute approximate surface area is 138 Å². The maximum atomic E-state index is 12.7. The number of carbonyl (C=O) groups excluding carboxylic acids is 1. The van der Waals surface area contributed by atoms with E-state index in [0.717, 1.165) is 0 Å². The number of rotatable bonds is 4. The Morgan fingerprint density at radius 3 is 2.70 bits per heavy atom. The largest absolute Gasteiger partial charge is 0.495 e. The lowest BCUT2D eigenvalue weighted by atomic mass is 10.1. The van der Waals surface area contributed by atoms with Gasteiger partial charge in [0.2, 0.25) is 0 Å². The summed E-state index contributed by atoms with van der Waals surface area (Å²) in [6, 6.07) is 9.21. The minimum absolute atomic E-state index is 0.0252. The Morgan fingerprint density at radius 2 is 1.96 bits per heavy atom. The smallest absolute Gasteiger partial charge is 0.338 e. The van der Waals surface area contributed by atoms with Crippen molar-refractivity contribution in [1.82, 2.24) is 0 Å². The predicted molar refractivity (Wildman–Crippen MR) is 84.4 cm³/mol. The van der Waals surface area contributed by atoms with Crippen molar-refractivity contribution >= 4 is 33.3 Å². The molecule has 0 fully saturated rings. The zero-order valence-electron chi connectivity index (χ0n) is 12.0. The van der Waals surface area contributed by atoms with Crippen LogP contribution in [-0.4, -0.2) is 21.5 Å². The van der Waals surface area contributed by atoms with Crippen LogP contribution in [0, 0.1) is 0 Å². The lowest BCUT2D eigenvalue weighted by Crippen LogP contribution is -2.16. The fourth-order valence-electron chi connectivity index (χ4n) is 2.34. The summed E-state index contributed by atoms with van der Waals surface area (Å²) >= 11 is 6.06. The van der Waals surface area contributed by atoms with Gasteiger partial charge >= 0.3 is 5.97 Å². The van der Waals surface area contributed by atoms with Crippen LogP contribution in [-0.2, 0) is 21.4 Å². The number of sulfonamides is 1. The summed E-state index contributed by atoms with van der Waals surface area (Å²) in [4.78, 5) is 11.6. The number of nitrogens with one attached hydrogen (secondary N) is 1. The monoisotopic (exact) mass is 353 g/mol. The van der Waals surface area contributed by atoms with Gasteiger partial charge in [0.05, 0.1) is 22.6 Å². The number of fused-ring (bicyclic) bond motifs is 1. The van der Waals surface area contributed by atoms with Gasteiger partial charge < -0.3 is 9.47 Å². The lowest BCUT2D eigenvalue weighted by Gasteiger charge is -2.14. The number of anilines is 1. The number of para-hydroxylation sites is 1. The molecule has 0 spiro atoms. The van der Waals surface area contributed by atoms with E-state index in [-0.39, 0.29) is 27.8 Å². The number of halogens is 1. The molecule has 1 aliphatic heterocycles. The highest BCUT2D eigenvalue weighted by molar-refractivity contribution is 7.92. The Morgan fingerprint density at radius 1 is 1.22 bits per heavy atom. The van der Waals surface area contributed by atoms with Gasteiger partial charge in [-0.2, -0.15) is 0 Å². The first-order valence-electron chi connectivity index (χ1n) is 6.58. The van der Waals surface area contributed by atoms with Crippen LogP contribution < -0.4 is 9.46 Å². The topological polar surface area (TPSA) is 81.7 Å². The SMILES string of the molecule is COc1cccc(Cl)c1NS(=O)(=O)c1cccc2c1COC2=O. The van der Waals surface area contributed by atoms with Gasteiger partial charge in [0.25, 0.3) is 10.0 Å². The number of hydrogen-bond donors (Lipinski definition) is 1. The molecule has 0 aromatic heterocycles. The molecule has 0 bridgehead atoms. The van der Waals surface area contributed by atoms with Gasteiger partial charge in [-0.1, -0.05) is 23.7 Å². The first-order chi connectivity index (χ1) is 10.9. The van der Waals surface area contributed by atoms with Crippen LogP contribution in [0.1, 0.15) is 15.9 Å². The second kappa shape index (κ2) is 5.75. The molecule has 120 valence electrons. The average Bonchev–Trinajstić information content (AvgIpc) is 2.90. The third kappa shape index (κ3) is 2.73. The molecule has 0 radical (unpaired) electrons. The summed E-state index contributed by atoms with van der Waals surface area (Å²) < 4.78 is 37.8. The molecule has 1 heterocycles. The van der Waals surface area contributed by atoms with Crippen LogP contribution in [0.4, 0.5) is 5.69 Å². The van der Waals surface area contributed by atoms with Gasteiger partial charge in [-0.25, -0.2) is 13.2 Å². The fraction of sp³-hybridized carbons (Fsp3) is 0.133. The second-order valence-corrected chi connectivity index (χ2v) is 6.84. The van der Waals surface area contributed by atoms with Crippen LogP contribution in [0.2, 0.25) is 5.02 Å². The van der Waals surface area contributed by atoms with E-state index < -0.39 is 16.0 Å². The quantitative estimate of drug-likeness (QED) is 0.855. The normalized spacial score (nSPS) is 13.4. The van der Waals surface area contributed by atoms with Gasteiger partial charge in [-0.05, 0) is 24.3 Å². The summed E-state index contributed by atoms with van der Waals surface area (Å²) in [5.74, 6) is -0.242. The summed E-state index contributed by atoms with van der Waals surface area (Å²) in [7, 11) is -2.55. The highest BCUT2D eigenvalue weighted by Crippen LogP contribution is 2.35. The molecular formula is C15H12ClNO5S. The molecule has 6 nitrogen and oxygen atoms in total. The number of benzene rings is 2. The van der Waals surface area contributed by atoms with Gasteiger partial charge in [0, 0.05) is 5.56 Å². The maximum Gasteiger partial charge on any atom is 0.338 e. The number of cyclic esters (lactones) is 1. The minimum atomic E-state index is -3.96. The standard InChI is InChI=1S/C15H12ClNO5S/c1-21-12-6-3-5-11(16)14(12)17-23(19,20)13-7-2-4-9-10(13)8-22-15(9)18/h2-7,17H,8H2,1H3. The zero-order valence-corrected chi connectivity index (χ0v) is 13.6. The molecule has 0 aliphatic carbocycles. The molecule has 2 aromatic carbocycles. The first kappa shape index (κ1) is 15.6. The van der Waals surface area contributed by atoms with Crippen LogP contribution in [0.5, 0.6) is 5.75 Å². The van der Waals surface area contributed by atoms with Crippen molar-refractivity contribution in [1.29, 1.82) is 0 Å². The van der Waals surface area contributed by atoms with E-state index in [2.05, 4.69) is 4.72 Å². The summed E-state index contributed by atoms with van der Waals surface area (Å²) in [5.41, 5.74) is 0.717.